The number of fused-ring (bicyclic) bond motifs is 1. The van der Waals surface area contributed by atoms with Gasteiger partial charge in [-0.05, 0) is 48.9 Å². The summed E-state index contributed by atoms with van der Waals surface area (Å²) in [7, 11) is 1.64. The van der Waals surface area contributed by atoms with Crippen LogP contribution in [0.25, 0.3) is 0 Å². The lowest BCUT2D eigenvalue weighted by Crippen LogP contribution is -2.58. The summed E-state index contributed by atoms with van der Waals surface area (Å²) in [6.45, 7) is 0. The molecule has 2 aliphatic rings. The SMILES string of the molecule is COc1ccc2c(c1)CC(NC1CCCC1)(C(=O)O)CC2. The molecule has 4 nitrogen and oxygen atoms in total. The summed E-state index contributed by atoms with van der Waals surface area (Å²) >= 11 is 0. The molecule has 0 saturated heterocycles. The van der Waals surface area contributed by atoms with E-state index in [4.69, 9.17) is 4.74 Å². The van der Waals surface area contributed by atoms with E-state index in [2.05, 4.69) is 11.4 Å². The van der Waals surface area contributed by atoms with Gasteiger partial charge in [-0.25, -0.2) is 0 Å². The standard InChI is InChI=1S/C17H23NO3/c1-21-15-7-6-12-8-9-17(16(19)20,11-13(12)10-15)18-14-4-2-3-5-14/h6-7,10,14,18H,2-5,8-9,11H2,1H3,(H,19,20). The highest BCUT2D eigenvalue weighted by Crippen LogP contribution is 2.33. The third kappa shape index (κ3) is 2.77. The molecule has 2 aliphatic carbocycles. The first kappa shape index (κ1) is 14.4. The minimum Gasteiger partial charge on any atom is -0.497 e. The highest BCUT2D eigenvalue weighted by atomic mass is 16.5. The van der Waals surface area contributed by atoms with E-state index in [0.29, 0.717) is 18.9 Å². The lowest BCUT2D eigenvalue weighted by molar-refractivity contribution is -0.146. The van der Waals surface area contributed by atoms with Crippen LogP contribution in [0.2, 0.25) is 0 Å². The fourth-order valence-corrected chi connectivity index (χ4v) is 3.73. The van der Waals surface area contributed by atoms with Crippen molar-refractivity contribution in [1.29, 1.82) is 0 Å². The predicted molar refractivity (Wildman–Crippen MR) is 80.8 cm³/mol. The number of aryl methyl sites for hydroxylation is 1. The molecular weight excluding hydrogens is 266 g/mol. The second kappa shape index (κ2) is 5.68. The molecule has 1 atom stereocenters. The third-order valence-corrected chi connectivity index (χ3v) is 4.97. The maximum absolute atomic E-state index is 11.9. The first-order chi connectivity index (χ1) is 10.1. The van der Waals surface area contributed by atoms with Crippen LogP contribution < -0.4 is 10.1 Å². The van der Waals surface area contributed by atoms with Gasteiger partial charge in [0.15, 0.2) is 0 Å². The average Bonchev–Trinajstić information content (AvgIpc) is 2.99. The molecule has 0 amide bonds. The largest absolute Gasteiger partial charge is 0.497 e. The molecule has 1 fully saturated rings. The van der Waals surface area contributed by atoms with Gasteiger partial charge in [-0.3, -0.25) is 10.1 Å². The number of carboxylic acid groups (broad SMARTS) is 1. The summed E-state index contributed by atoms with van der Waals surface area (Å²) in [6.07, 6.45) is 6.63. The molecule has 1 aromatic carbocycles. The molecule has 21 heavy (non-hydrogen) atoms. The summed E-state index contributed by atoms with van der Waals surface area (Å²) in [5, 5.41) is 13.3. The first-order valence-corrected chi connectivity index (χ1v) is 7.80. The molecule has 0 aliphatic heterocycles. The van der Waals surface area contributed by atoms with E-state index in [0.717, 1.165) is 30.6 Å². The van der Waals surface area contributed by atoms with Crippen LogP contribution >= 0.6 is 0 Å². The molecule has 4 heteroatoms. The van der Waals surface area contributed by atoms with E-state index in [1.54, 1.807) is 7.11 Å². The average molecular weight is 289 g/mol. The third-order valence-electron chi connectivity index (χ3n) is 4.97. The van der Waals surface area contributed by atoms with Gasteiger partial charge in [-0.1, -0.05) is 18.9 Å². The molecule has 0 aromatic heterocycles. The highest BCUT2D eigenvalue weighted by molar-refractivity contribution is 5.80. The number of ether oxygens (including phenoxy) is 1. The van der Waals surface area contributed by atoms with Crippen molar-refractivity contribution in [2.24, 2.45) is 0 Å². The van der Waals surface area contributed by atoms with E-state index in [9.17, 15) is 9.90 Å². The Balaban J connectivity index is 1.86. The second-order valence-corrected chi connectivity index (χ2v) is 6.32. The number of aliphatic carboxylic acids is 1. The van der Waals surface area contributed by atoms with Gasteiger partial charge in [0.1, 0.15) is 11.3 Å². The van der Waals surface area contributed by atoms with Crippen LogP contribution in [0.4, 0.5) is 0 Å². The number of hydrogen-bond acceptors (Lipinski definition) is 3. The molecular formula is C17H23NO3. The van der Waals surface area contributed by atoms with E-state index in [-0.39, 0.29) is 0 Å². The number of hydrogen-bond donors (Lipinski definition) is 2. The molecule has 0 radical (unpaired) electrons. The van der Waals surface area contributed by atoms with Crippen LogP contribution in [-0.2, 0) is 17.6 Å². The van der Waals surface area contributed by atoms with Crippen molar-refractivity contribution in [2.75, 3.05) is 7.11 Å². The quantitative estimate of drug-likeness (QED) is 0.894. The normalized spacial score (nSPS) is 25.6. The van der Waals surface area contributed by atoms with Gasteiger partial charge in [0.2, 0.25) is 0 Å². The van der Waals surface area contributed by atoms with Crippen molar-refractivity contribution >= 4 is 5.97 Å². The lowest BCUT2D eigenvalue weighted by atomic mass is 9.77. The molecule has 0 heterocycles. The molecule has 0 bridgehead atoms. The van der Waals surface area contributed by atoms with Crippen molar-refractivity contribution in [3.63, 3.8) is 0 Å². The van der Waals surface area contributed by atoms with Crippen molar-refractivity contribution in [3.05, 3.63) is 29.3 Å². The van der Waals surface area contributed by atoms with Gasteiger partial charge in [-0.2, -0.15) is 0 Å². The Kier molecular flexibility index (Phi) is 3.89. The van der Waals surface area contributed by atoms with Gasteiger partial charge in [0.25, 0.3) is 0 Å². The molecule has 114 valence electrons. The van der Waals surface area contributed by atoms with E-state index < -0.39 is 11.5 Å². The number of carbonyl (C=O) groups is 1. The molecule has 2 N–H and O–H groups in total. The van der Waals surface area contributed by atoms with Gasteiger partial charge in [0, 0.05) is 12.5 Å². The number of methoxy groups -OCH3 is 1. The maximum atomic E-state index is 11.9. The van der Waals surface area contributed by atoms with Crippen LogP contribution in [0.5, 0.6) is 5.75 Å². The van der Waals surface area contributed by atoms with Crippen molar-refractivity contribution in [3.8, 4) is 5.75 Å². The Morgan fingerprint density at radius 3 is 2.76 bits per heavy atom. The summed E-state index contributed by atoms with van der Waals surface area (Å²) in [4.78, 5) is 11.9. The van der Waals surface area contributed by atoms with Crippen molar-refractivity contribution < 1.29 is 14.6 Å². The summed E-state index contributed by atoms with van der Waals surface area (Å²) in [5.74, 6) is 0.0821. The number of rotatable bonds is 4. The summed E-state index contributed by atoms with van der Waals surface area (Å²) in [6, 6.07) is 6.36. The first-order valence-electron chi connectivity index (χ1n) is 7.80. The predicted octanol–water partition coefficient (Wildman–Crippen LogP) is 2.54. The van der Waals surface area contributed by atoms with Crippen molar-refractivity contribution in [1.82, 2.24) is 5.32 Å². The van der Waals surface area contributed by atoms with Gasteiger partial charge in [-0.15, -0.1) is 0 Å². The van der Waals surface area contributed by atoms with Crippen LogP contribution in [0.1, 0.15) is 43.2 Å². The van der Waals surface area contributed by atoms with Gasteiger partial charge in [0.05, 0.1) is 7.11 Å². The smallest absolute Gasteiger partial charge is 0.324 e. The monoisotopic (exact) mass is 289 g/mol. The fourth-order valence-electron chi connectivity index (χ4n) is 3.73. The highest BCUT2D eigenvalue weighted by Gasteiger charge is 2.43. The van der Waals surface area contributed by atoms with Gasteiger partial charge < -0.3 is 9.84 Å². The van der Waals surface area contributed by atoms with Gasteiger partial charge >= 0.3 is 5.97 Å². The van der Waals surface area contributed by atoms with E-state index in [1.807, 2.05) is 12.1 Å². The topological polar surface area (TPSA) is 58.6 Å². The van der Waals surface area contributed by atoms with Crippen LogP contribution in [-0.4, -0.2) is 29.8 Å². The van der Waals surface area contributed by atoms with Crippen molar-refractivity contribution in [2.45, 2.75) is 56.5 Å². The second-order valence-electron chi connectivity index (χ2n) is 6.32. The zero-order valence-corrected chi connectivity index (χ0v) is 12.5. The number of benzene rings is 1. The lowest BCUT2D eigenvalue weighted by Gasteiger charge is -2.37. The fraction of sp³-hybridized carbons (Fsp3) is 0.588. The minimum absolute atomic E-state index is 0.355. The molecule has 1 unspecified atom stereocenters. The summed E-state index contributed by atoms with van der Waals surface area (Å²) in [5.41, 5.74) is 1.54. The van der Waals surface area contributed by atoms with Crippen LogP contribution in [0, 0.1) is 0 Å². The zero-order chi connectivity index (χ0) is 14.9. The minimum atomic E-state index is -0.811. The molecule has 3 rings (SSSR count). The molecule has 1 saturated carbocycles. The molecule has 1 aromatic rings. The Morgan fingerprint density at radius 2 is 2.10 bits per heavy atom. The Morgan fingerprint density at radius 1 is 1.33 bits per heavy atom. The Bertz CT molecular complexity index is 537. The zero-order valence-electron chi connectivity index (χ0n) is 12.5. The maximum Gasteiger partial charge on any atom is 0.324 e. The Labute approximate surface area is 125 Å². The van der Waals surface area contributed by atoms with Crippen LogP contribution in [0.15, 0.2) is 18.2 Å². The van der Waals surface area contributed by atoms with Crippen LogP contribution in [0.3, 0.4) is 0 Å². The Hall–Kier alpha value is -1.55. The summed E-state index contributed by atoms with van der Waals surface area (Å²) < 4.78 is 5.27. The number of nitrogens with one attached hydrogen (secondary N) is 1. The van der Waals surface area contributed by atoms with E-state index >= 15 is 0 Å². The number of carboxylic acids is 1. The molecule has 0 spiro atoms. The van der Waals surface area contributed by atoms with E-state index in [1.165, 1.54) is 18.4 Å².